The summed E-state index contributed by atoms with van der Waals surface area (Å²) in [5.74, 6) is -3.80. The summed E-state index contributed by atoms with van der Waals surface area (Å²) in [4.78, 5) is 11.8. The van der Waals surface area contributed by atoms with Crippen LogP contribution in [-0.4, -0.2) is 5.91 Å². The first-order chi connectivity index (χ1) is 9.52. The van der Waals surface area contributed by atoms with Gasteiger partial charge in [0.25, 0.3) is 5.91 Å². The average Bonchev–Trinajstić information content (AvgIpc) is 2.42. The Balaban J connectivity index is 2.31. The summed E-state index contributed by atoms with van der Waals surface area (Å²) < 4.78 is 39.1. The molecule has 1 amide bonds. The third-order valence-corrected chi connectivity index (χ3v) is 2.56. The summed E-state index contributed by atoms with van der Waals surface area (Å²) in [6.07, 6.45) is 0. The number of hydrogen-bond donors (Lipinski definition) is 1. The fourth-order valence-corrected chi connectivity index (χ4v) is 1.57. The highest BCUT2D eigenvalue weighted by Gasteiger charge is 2.13. The Morgan fingerprint density at radius 3 is 2.45 bits per heavy atom. The fourth-order valence-electron chi connectivity index (χ4n) is 1.57. The minimum absolute atomic E-state index is 0.0396. The standard InChI is InChI=1S/C14H7F3N2O/c15-10-2-1-3-13(9(10)7-18)19-14(20)8-4-5-11(16)12(17)6-8/h1-6H,(H,19,20). The Morgan fingerprint density at radius 2 is 1.80 bits per heavy atom. The van der Waals surface area contributed by atoms with Crippen molar-refractivity contribution in [2.24, 2.45) is 0 Å². The van der Waals surface area contributed by atoms with Crippen LogP contribution < -0.4 is 5.32 Å². The highest BCUT2D eigenvalue weighted by Crippen LogP contribution is 2.19. The number of amides is 1. The number of nitrogens with zero attached hydrogens (tertiary/aromatic N) is 1. The summed E-state index contributed by atoms with van der Waals surface area (Å²) in [5, 5.41) is 11.1. The van der Waals surface area contributed by atoms with Crippen LogP contribution in [0.2, 0.25) is 0 Å². The van der Waals surface area contributed by atoms with Gasteiger partial charge in [-0.1, -0.05) is 6.07 Å². The number of anilines is 1. The Morgan fingerprint density at radius 1 is 1.05 bits per heavy atom. The van der Waals surface area contributed by atoms with Gasteiger partial charge in [-0.05, 0) is 30.3 Å². The normalized spacial score (nSPS) is 9.90. The van der Waals surface area contributed by atoms with Gasteiger partial charge in [-0.15, -0.1) is 0 Å². The molecule has 0 fully saturated rings. The van der Waals surface area contributed by atoms with Gasteiger partial charge >= 0.3 is 0 Å². The third-order valence-electron chi connectivity index (χ3n) is 2.56. The highest BCUT2D eigenvalue weighted by atomic mass is 19.2. The van der Waals surface area contributed by atoms with Gasteiger partial charge in [-0.3, -0.25) is 4.79 Å². The van der Waals surface area contributed by atoms with Crippen LogP contribution in [0.25, 0.3) is 0 Å². The van der Waals surface area contributed by atoms with Crippen LogP contribution >= 0.6 is 0 Å². The molecule has 2 aromatic rings. The molecule has 0 spiro atoms. The van der Waals surface area contributed by atoms with E-state index in [4.69, 9.17) is 5.26 Å². The van der Waals surface area contributed by atoms with Crippen LogP contribution in [0.5, 0.6) is 0 Å². The minimum atomic E-state index is -1.17. The lowest BCUT2D eigenvalue weighted by Crippen LogP contribution is -2.13. The SMILES string of the molecule is N#Cc1c(F)cccc1NC(=O)c1ccc(F)c(F)c1. The maximum atomic E-state index is 13.3. The van der Waals surface area contributed by atoms with E-state index in [-0.39, 0.29) is 16.8 Å². The summed E-state index contributed by atoms with van der Waals surface area (Å²) in [5.41, 5.74) is -0.511. The molecule has 0 aliphatic heterocycles. The van der Waals surface area contributed by atoms with Crippen LogP contribution in [0.1, 0.15) is 15.9 Å². The molecule has 0 aliphatic rings. The lowest BCUT2D eigenvalue weighted by atomic mass is 10.1. The molecule has 1 N–H and O–H groups in total. The summed E-state index contributed by atoms with van der Waals surface area (Å²) >= 11 is 0. The van der Waals surface area contributed by atoms with E-state index in [9.17, 15) is 18.0 Å². The molecule has 0 aromatic heterocycles. The lowest BCUT2D eigenvalue weighted by Gasteiger charge is -2.07. The maximum absolute atomic E-state index is 13.3. The van der Waals surface area contributed by atoms with Gasteiger partial charge < -0.3 is 5.32 Å². The zero-order valence-corrected chi connectivity index (χ0v) is 9.95. The number of hydrogen-bond acceptors (Lipinski definition) is 2. The molecule has 20 heavy (non-hydrogen) atoms. The second-order valence-electron chi connectivity index (χ2n) is 3.86. The third kappa shape index (κ3) is 2.62. The molecule has 0 saturated carbocycles. The summed E-state index contributed by atoms with van der Waals surface area (Å²) in [6.45, 7) is 0. The zero-order chi connectivity index (χ0) is 14.7. The van der Waals surface area contributed by atoms with Crippen molar-refractivity contribution in [1.82, 2.24) is 0 Å². The first kappa shape index (κ1) is 13.6. The van der Waals surface area contributed by atoms with Crippen LogP contribution in [0.4, 0.5) is 18.9 Å². The monoisotopic (exact) mass is 276 g/mol. The molecule has 3 nitrogen and oxygen atoms in total. The molecule has 0 radical (unpaired) electrons. The number of halogens is 3. The van der Waals surface area contributed by atoms with E-state index in [1.165, 1.54) is 12.1 Å². The van der Waals surface area contributed by atoms with Crippen molar-refractivity contribution in [2.75, 3.05) is 5.32 Å². The van der Waals surface area contributed by atoms with E-state index < -0.39 is 23.4 Å². The van der Waals surface area contributed by atoms with E-state index >= 15 is 0 Å². The Kier molecular flexibility index (Phi) is 3.71. The van der Waals surface area contributed by atoms with E-state index in [1.54, 1.807) is 6.07 Å². The van der Waals surface area contributed by atoms with Crippen molar-refractivity contribution in [1.29, 1.82) is 5.26 Å². The first-order valence-electron chi connectivity index (χ1n) is 5.48. The predicted molar refractivity (Wildman–Crippen MR) is 65.4 cm³/mol. The number of rotatable bonds is 2. The number of carbonyl (C=O) groups is 1. The average molecular weight is 276 g/mol. The van der Waals surface area contributed by atoms with Crippen molar-refractivity contribution in [3.8, 4) is 6.07 Å². The molecule has 0 heterocycles. The maximum Gasteiger partial charge on any atom is 0.255 e. The number of nitriles is 1. The van der Waals surface area contributed by atoms with Gasteiger partial charge in [0.05, 0.1) is 5.69 Å². The van der Waals surface area contributed by atoms with Crippen molar-refractivity contribution in [2.45, 2.75) is 0 Å². The van der Waals surface area contributed by atoms with Crippen molar-refractivity contribution in [3.05, 3.63) is 65.0 Å². The zero-order valence-electron chi connectivity index (χ0n) is 9.95. The topological polar surface area (TPSA) is 52.9 Å². The molecule has 0 saturated heterocycles. The van der Waals surface area contributed by atoms with Gasteiger partial charge in [0.15, 0.2) is 11.6 Å². The number of carbonyl (C=O) groups excluding carboxylic acids is 1. The van der Waals surface area contributed by atoms with Crippen molar-refractivity contribution < 1.29 is 18.0 Å². The van der Waals surface area contributed by atoms with Gasteiger partial charge in [-0.2, -0.15) is 5.26 Å². The van der Waals surface area contributed by atoms with Crippen molar-refractivity contribution in [3.63, 3.8) is 0 Å². The first-order valence-corrected chi connectivity index (χ1v) is 5.48. The molecule has 2 rings (SSSR count). The van der Waals surface area contributed by atoms with E-state index in [0.717, 1.165) is 24.3 Å². The number of benzene rings is 2. The molecule has 100 valence electrons. The van der Waals surface area contributed by atoms with Crippen molar-refractivity contribution >= 4 is 11.6 Å². The molecule has 2 aromatic carbocycles. The highest BCUT2D eigenvalue weighted by molar-refractivity contribution is 6.04. The van der Waals surface area contributed by atoms with Crippen LogP contribution in [0.3, 0.4) is 0 Å². The summed E-state index contributed by atoms with van der Waals surface area (Å²) in [7, 11) is 0. The van der Waals surface area contributed by atoms with E-state index in [2.05, 4.69) is 5.32 Å². The second-order valence-corrected chi connectivity index (χ2v) is 3.86. The largest absolute Gasteiger partial charge is 0.321 e. The van der Waals surface area contributed by atoms with Crippen LogP contribution in [-0.2, 0) is 0 Å². The van der Waals surface area contributed by atoms with Gasteiger partial charge in [0, 0.05) is 5.56 Å². The Labute approximate surface area is 112 Å². The minimum Gasteiger partial charge on any atom is -0.321 e. The predicted octanol–water partition coefficient (Wildman–Crippen LogP) is 3.23. The molecule has 0 bridgehead atoms. The second kappa shape index (κ2) is 5.45. The molecule has 0 unspecified atom stereocenters. The lowest BCUT2D eigenvalue weighted by molar-refractivity contribution is 0.102. The summed E-state index contributed by atoms with van der Waals surface area (Å²) in [6, 6.07) is 7.95. The molecule has 0 aliphatic carbocycles. The molecular weight excluding hydrogens is 269 g/mol. The van der Waals surface area contributed by atoms with Gasteiger partial charge in [0.1, 0.15) is 17.4 Å². The Bertz CT molecular complexity index is 723. The van der Waals surface area contributed by atoms with E-state index in [0.29, 0.717) is 0 Å². The van der Waals surface area contributed by atoms with Crippen LogP contribution in [0, 0.1) is 28.8 Å². The Hall–Kier alpha value is -2.81. The van der Waals surface area contributed by atoms with Gasteiger partial charge in [-0.25, -0.2) is 13.2 Å². The smallest absolute Gasteiger partial charge is 0.255 e. The van der Waals surface area contributed by atoms with Gasteiger partial charge in [0.2, 0.25) is 0 Å². The van der Waals surface area contributed by atoms with E-state index in [1.807, 2.05) is 0 Å². The quantitative estimate of drug-likeness (QED) is 0.915. The molecular formula is C14H7F3N2O. The fraction of sp³-hybridized carbons (Fsp3) is 0. The molecule has 6 heteroatoms. The molecule has 0 atom stereocenters. The van der Waals surface area contributed by atoms with Crippen LogP contribution in [0.15, 0.2) is 36.4 Å². The number of nitrogens with one attached hydrogen (secondary N) is 1.